The van der Waals surface area contributed by atoms with E-state index in [-0.39, 0.29) is 31.6 Å². The molecule has 0 aromatic heterocycles. The van der Waals surface area contributed by atoms with Crippen LogP contribution in [-0.4, -0.2) is 37.2 Å². The number of unbranched alkanes of at least 4 members (excludes halogenated alkanes) is 24. The molecule has 0 saturated carbocycles. The van der Waals surface area contributed by atoms with Crippen molar-refractivity contribution in [3.63, 3.8) is 0 Å². The summed E-state index contributed by atoms with van der Waals surface area (Å²) in [6, 6.07) is 0. The Labute approximate surface area is 364 Å². The zero-order valence-electron chi connectivity index (χ0n) is 38.8. The molecule has 0 bridgehead atoms. The summed E-state index contributed by atoms with van der Waals surface area (Å²) in [5, 5.41) is 0. The number of hydrogen-bond donors (Lipinski definition) is 0. The Bertz CT molecular complexity index is 1090. The summed E-state index contributed by atoms with van der Waals surface area (Å²) < 4.78 is 16.6. The molecule has 0 aromatic rings. The van der Waals surface area contributed by atoms with Crippen molar-refractivity contribution in [1.29, 1.82) is 0 Å². The molecule has 1 unspecified atom stereocenters. The number of carbonyl (C=O) groups excluding carboxylic acids is 3. The maximum atomic E-state index is 12.7. The van der Waals surface area contributed by atoms with Crippen molar-refractivity contribution in [2.24, 2.45) is 0 Å². The third-order valence-electron chi connectivity index (χ3n) is 10.6. The van der Waals surface area contributed by atoms with Gasteiger partial charge in [0.05, 0.1) is 6.42 Å². The van der Waals surface area contributed by atoms with Crippen LogP contribution >= 0.6 is 0 Å². The quantitative estimate of drug-likeness (QED) is 0.0263. The fourth-order valence-corrected chi connectivity index (χ4v) is 6.87. The largest absolute Gasteiger partial charge is 0.462 e. The van der Waals surface area contributed by atoms with E-state index in [1.165, 1.54) is 128 Å². The van der Waals surface area contributed by atoms with Gasteiger partial charge in [0.1, 0.15) is 13.2 Å². The fourth-order valence-electron chi connectivity index (χ4n) is 6.87. The molecule has 0 fully saturated rings. The zero-order chi connectivity index (χ0) is 43.0. The molecule has 0 rings (SSSR count). The van der Waals surface area contributed by atoms with E-state index in [0.717, 1.165) is 70.6 Å². The van der Waals surface area contributed by atoms with Gasteiger partial charge < -0.3 is 14.2 Å². The minimum absolute atomic E-state index is 0.101. The number of allylic oxidation sites excluding steroid dienone is 9. The van der Waals surface area contributed by atoms with Gasteiger partial charge in [-0.3, -0.25) is 14.4 Å². The predicted octanol–water partition coefficient (Wildman–Crippen LogP) is 16.1. The van der Waals surface area contributed by atoms with Gasteiger partial charge in [0.15, 0.2) is 6.10 Å². The van der Waals surface area contributed by atoms with Crippen LogP contribution in [0.2, 0.25) is 0 Å². The van der Waals surface area contributed by atoms with Gasteiger partial charge in [-0.05, 0) is 44.9 Å². The van der Waals surface area contributed by atoms with Gasteiger partial charge in [-0.15, -0.1) is 0 Å². The minimum Gasteiger partial charge on any atom is -0.462 e. The van der Waals surface area contributed by atoms with Crippen molar-refractivity contribution >= 4 is 17.9 Å². The van der Waals surface area contributed by atoms with Crippen molar-refractivity contribution in [1.82, 2.24) is 0 Å². The summed E-state index contributed by atoms with van der Waals surface area (Å²) in [5.41, 5.74) is 0. The molecule has 0 amide bonds. The Morgan fingerprint density at radius 2 is 0.644 bits per heavy atom. The fraction of sp³-hybridized carbons (Fsp3) is 0.755. The van der Waals surface area contributed by atoms with Crippen LogP contribution in [0.5, 0.6) is 0 Å². The lowest BCUT2D eigenvalue weighted by atomic mass is 10.0. The first-order valence-corrected chi connectivity index (χ1v) is 24.8. The van der Waals surface area contributed by atoms with Gasteiger partial charge in [0.2, 0.25) is 0 Å². The Hall–Kier alpha value is -2.89. The smallest absolute Gasteiger partial charge is 0.310 e. The third-order valence-corrected chi connectivity index (χ3v) is 10.6. The standard InChI is InChI=1S/C53H92O6/c1-4-7-10-13-16-19-21-23-25-26-28-29-31-34-37-40-43-46-52(55)58-49-50(48-57-51(54)45-42-39-36-33-18-15-12-9-6-3)59-53(56)47-44-41-38-35-32-30-27-24-22-20-17-14-11-8-5-2/h8,11,17,20,24,27,32,35,41,44,50H,4-7,9-10,12-16,18-19,21-23,25-26,28-31,33-34,36-40,42-43,45-49H2,1-3H3/b11-8-,20-17-,27-24-,35-32-,44-41-. The Balaban J connectivity index is 4.42. The molecule has 0 saturated heterocycles. The second-order valence-electron chi connectivity index (χ2n) is 16.4. The van der Waals surface area contributed by atoms with Crippen molar-refractivity contribution in [2.75, 3.05) is 13.2 Å². The highest BCUT2D eigenvalue weighted by atomic mass is 16.6. The maximum Gasteiger partial charge on any atom is 0.310 e. The summed E-state index contributed by atoms with van der Waals surface area (Å²) in [5.74, 6) is -1.04. The van der Waals surface area contributed by atoms with E-state index in [4.69, 9.17) is 14.2 Å². The van der Waals surface area contributed by atoms with Crippen molar-refractivity contribution in [3.8, 4) is 0 Å². The number of rotatable bonds is 44. The molecule has 0 aromatic carbocycles. The lowest BCUT2D eigenvalue weighted by Crippen LogP contribution is -2.30. The van der Waals surface area contributed by atoms with E-state index in [0.29, 0.717) is 12.8 Å². The molecule has 6 nitrogen and oxygen atoms in total. The van der Waals surface area contributed by atoms with Crippen molar-refractivity contribution < 1.29 is 28.6 Å². The van der Waals surface area contributed by atoms with Crippen LogP contribution in [0.25, 0.3) is 0 Å². The first kappa shape index (κ1) is 56.1. The number of ether oxygens (including phenoxy) is 3. The van der Waals surface area contributed by atoms with Gasteiger partial charge in [-0.2, -0.15) is 0 Å². The highest BCUT2D eigenvalue weighted by molar-refractivity contribution is 5.72. The van der Waals surface area contributed by atoms with E-state index < -0.39 is 12.1 Å². The first-order chi connectivity index (χ1) is 29.0. The van der Waals surface area contributed by atoms with E-state index in [2.05, 4.69) is 69.4 Å². The van der Waals surface area contributed by atoms with Crippen molar-refractivity contribution in [2.45, 2.75) is 245 Å². The minimum atomic E-state index is -0.822. The monoisotopic (exact) mass is 825 g/mol. The molecule has 6 heteroatoms. The number of carbonyl (C=O) groups is 3. The topological polar surface area (TPSA) is 78.9 Å². The summed E-state index contributed by atoms with van der Waals surface area (Å²) in [4.78, 5) is 37.7. The molecule has 0 heterocycles. The molecule has 0 radical (unpaired) electrons. The van der Waals surface area contributed by atoms with Crippen LogP contribution < -0.4 is 0 Å². The SMILES string of the molecule is CC/C=C\C/C=C\C/C=C\C/C=C\C/C=C\CC(=O)OC(COC(=O)CCCCCCCCCCC)COC(=O)CCCCCCCCCCCCCCCCCCC. The van der Waals surface area contributed by atoms with Gasteiger partial charge >= 0.3 is 17.9 Å². The molecule has 0 aliphatic carbocycles. The normalized spacial score (nSPS) is 12.5. The molecule has 340 valence electrons. The van der Waals surface area contributed by atoms with E-state index >= 15 is 0 Å². The zero-order valence-corrected chi connectivity index (χ0v) is 38.8. The van der Waals surface area contributed by atoms with Crippen LogP contribution in [0.1, 0.15) is 239 Å². The Morgan fingerprint density at radius 1 is 0.356 bits per heavy atom. The molecule has 0 aliphatic rings. The molecule has 1 atom stereocenters. The van der Waals surface area contributed by atoms with Gasteiger partial charge in [-0.25, -0.2) is 0 Å². The van der Waals surface area contributed by atoms with Gasteiger partial charge in [-0.1, -0.05) is 236 Å². The average Bonchev–Trinajstić information content (AvgIpc) is 3.23. The summed E-state index contributed by atoms with van der Waals surface area (Å²) in [6.07, 6.45) is 58.1. The van der Waals surface area contributed by atoms with Crippen molar-refractivity contribution in [3.05, 3.63) is 60.8 Å². The third kappa shape index (κ3) is 46.0. The summed E-state index contributed by atoms with van der Waals surface area (Å²) >= 11 is 0. The van der Waals surface area contributed by atoms with Gasteiger partial charge in [0, 0.05) is 12.8 Å². The Kier molecular flexibility index (Phi) is 45.4. The molecular weight excluding hydrogens is 733 g/mol. The number of esters is 3. The predicted molar refractivity (Wildman–Crippen MR) is 251 cm³/mol. The average molecular weight is 825 g/mol. The lowest BCUT2D eigenvalue weighted by Gasteiger charge is -2.18. The first-order valence-electron chi connectivity index (χ1n) is 24.8. The Morgan fingerprint density at radius 3 is 0.966 bits per heavy atom. The second-order valence-corrected chi connectivity index (χ2v) is 16.4. The van der Waals surface area contributed by atoms with Crippen LogP contribution in [0.15, 0.2) is 60.8 Å². The van der Waals surface area contributed by atoms with Crippen LogP contribution in [0.4, 0.5) is 0 Å². The molecule has 59 heavy (non-hydrogen) atoms. The maximum absolute atomic E-state index is 12.7. The second kappa shape index (κ2) is 47.8. The highest BCUT2D eigenvalue weighted by Gasteiger charge is 2.19. The van der Waals surface area contributed by atoms with Crippen LogP contribution in [-0.2, 0) is 28.6 Å². The molecule has 0 N–H and O–H groups in total. The van der Waals surface area contributed by atoms with E-state index in [1.807, 2.05) is 6.08 Å². The number of hydrogen-bond acceptors (Lipinski definition) is 6. The van der Waals surface area contributed by atoms with E-state index in [1.54, 1.807) is 6.08 Å². The lowest BCUT2D eigenvalue weighted by molar-refractivity contribution is -0.166. The van der Waals surface area contributed by atoms with E-state index in [9.17, 15) is 14.4 Å². The van der Waals surface area contributed by atoms with Crippen LogP contribution in [0.3, 0.4) is 0 Å². The summed E-state index contributed by atoms with van der Waals surface area (Å²) in [7, 11) is 0. The summed E-state index contributed by atoms with van der Waals surface area (Å²) in [6.45, 7) is 6.43. The molecule has 0 aliphatic heterocycles. The van der Waals surface area contributed by atoms with Crippen LogP contribution in [0, 0.1) is 0 Å². The highest BCUT2D eigenvalue weighted by Crippen LogP contribution is 2.15. The molecule has 0 spiro atoms. The van der Waals surface area contributed by atoms with Gasteiger partial charge in [0.25, 0.3) is 0 Å². The molecular formula is C53H92O6.